The molecule has 1 atom stereocenters. The van der Waals surface area contributed by atoms with Crippen molar-refractivity contribution in [3.05, 3.63) is 5.82 Å². The first-order valence-electron chi connectivity index (χ1n) is 5.41. The van der Waals surface area contributed by atoms with Crippen LogP contribution in [0.5, 0.6) is 0 Å². The van der Waals surface area contributed by atoms with E-state index in [2.05, 4.69) is 16.3 Å². The lowest BCUT2D eigenvalue weighted by molar-refractivity contribution is 0.0473. The van der Waals surface area contributed by atoms with Gasteiger partial charge in [0.25, 0.3) is 0 Å². The Bertz CT molecular complexity index is 294. The van der Waals surface area contributed by atoms with Gasteiger partial charge in [-0.25, -0.2) is 4.98 Å². The smallest absolute Gasteiger partial charge is 0.170 e. The second-order valence-corrected chi connectivity index (χ2v) is 5.52. The van der Waals surface area contributed by atoms with Crippen LogP contribution in [0.15, 0.2) is 4.34 Å². The van der Waals surface area contributed by atoms with Gasteiger partial charge in [-0.05, 0) is 24.9 Å². The average molecular weight is 262 g/mol. The number of thioether (sulfide) groups is 1. The molecule has 0 aliphatic rings. The topological polar surface area (TPSA) is 55.2 Å². The van der Waals surface area contributed by atoms with Gasteiger partial charge in [-0.15, -0.1) is 0 Å². The first-order chi connectivity index (χ1) is 7.72. The molecule has 1 aromatic heterocycles. The molecule has 0 spiro atoms. The highest BCUT2D eigenvalue weighted by Gasteiger charge is 2.07. The number of ether oxygens (including phenoxy) is 1. The van der Waals surface area contributed by atoms with Gasteiger partial charge in [-0.1, -0.05) is 25.1 Å². The normalized spacial score (nSPS) is 12.9. The van der Waals surface area contributed by atoms with Gasteiger partial charge in [0.2, 0.25) is 0 Å². The van der Waals surface area contributed by atoms with Crippen LogP contribution in [0.1, 0.15) is 25.6 Å². The van der Waals surface area contributed by atoms with Crippen LogP contribution in [0.2, 0.25) is 0 Å². The van der Waals surface area contributed by atoms with Gasteiger partial charge in [-0.3, -0.25) is 0 Å². The molecule has 0 amide bonds. The molecule has 6 heteroatoms. The van der Waals surface area contributed by atoms with E-state index < -0.39 is 6.10 Å². The molecule has 0 radical (unpaired) electrons. The Labute approximate surface area is 105 Å². The minimum absolute atomic E-state index is 0.408. The molecular weight excluding hydrogens is 244 g/mol. The number of hydrogen-bond donors (Lipinski definition) is 1. The third kappa shape index (κ3) is 5.79. The molecule has 0 saturated carbocycles. The highest BCUT2D eigenvalue weighted by atomic mass is 32.2. The van der Waals surface area contributed by atoms with E-state index in [4.69, 9.17) is 4.74 Å². The number of aliphatic hydroxyl groups excluding tert-OH is 1. The van der Waals surface area contributed by atoms with Gasteiger partial charge in [0.15, 0.2) is 4.34 Å². The molecule has 0 fully saturated rings. The number of nitrogens with zero attached hydrogens (tertiary/aromatic N) is 2. The molecule has 1 N–H and O–H groups in total. The second-order valence-electron chi connectivity index (χ2n) is 3.50. The lowest BCUT2D eigenvalue weighted by Gasteiger charge is -2.09. The largest absolute Gasteiger partial charge is 0.390 e. The van der Waals surface area contributed by atoms with E-state index in [1.165, 1.54) is 23.3 Å². The van der Waals surface area contributed by atoms with Crippen molar-refractivity contribution in [3.63, 3.8) is 0 Å². The zero-order chi connectivity index (χ0) is 11.8. The fourth-order valence-corrected chi connectivity index (χ4v) is 2.60. The molecule has 16 heavy (non-hydrogen) atoms. The van der Waals surface area contributed by atoms with Crippen LogP contribution in [-0.2, 0) is 4.74 Å². The number of unbranched alkanes of at least 4 members (excludes halogenated alkanes) is 1. The number of aromatic nitrogens is 2. The van der Waals surface area contributed by atoms with Gasteiger partial charge in [-0.2, -0.15) is 4.37 Å². The number of aliphatic hydroxyl groups is 1. The van der Waals surface area contributed by atoms with Crippen molar-refractivity contribution < 1.29 is 9.84 Å². The van der Waals surface area contributed by atoms with Gasteiger partial charge in [0.05, 0.1) is 12.7 Å². The summed E-state index contributed by atoms with van der Waals surface area (Å²) in [5.41, 5.74) is 0. The third-order valence-electron chi connectivity index (χ3n) is 1.86. The Balaban J connectivity index is 2.08. The molecule has 1 heterocycles. The predicted octanol–water partition coefficient (Wildman–Crippen LogP) is 2.12. The highest BCUT2D eigenvalue weighted by Crippen LogP contribution is 2.20. The number of hydrogen-bond acceptors (Lipinski definition) is 6. The molecule has 92 valence electrons. The summed E-state index contributed by atoms with van der Waals surface area (Å²) in [6, 6.07) is 0. The average Bonchev–Trinajstić information content (AvgIpc) is 2.68. The summed E-state index contributed by atoms with van der Waals surface area (Å²) in [5, 5.41) is 9.63. The van der Waals surface area contributed by atoms with Crippen LogP contribution in [0.4, 0.5) is 0 Å². The van der Waals surface area contributed by atoms with Crippen LogP contribution in [0.25, 0.3) is 0 Å². The van der Waals surface area contributed by atoms with Crippen molar-refractivity contribution in [2.45, 2.75) is 37.1 Å². The van der Waals surface area contributed by atoms with Crippen molar-refractivity contribution >= 4 is 23.3 Å². The number of rotatable bonds is 8. The Morgan fingerprint density at radius 1 is 1.56 bits per heavy atom. The monoisotopic (exact) mass is 262 g/mol. The van der Waals surface area contributed by atoms with Crippen molar-refractivity contribution in [2.24, 2.45) is 0 Å². The van der Waals surface area contributed by atoms with Crippen molar-refractivity contribution in [1.29, 1.82) is 0 Å². The molecule has 1 rings (SSSR count). The van der Waals surface area contributed by atoms with Crippen LogP contribution in [0, 0.1) is 6.92 Å². The zero-order valence-corrected chi connectivity index (χ0v) is 11.3. The first-order valence-corrected chi connectivity index (χ1v) is 7.17. The van der Waals surface area contributed by atoms with E-state index in [9.17, 15) is 5.11 Å². The van der Waals surface area contributed by atoms with Gasteiger partial charge < -0.3 is 9.84 Å². The maximum atomic E-state index is 9.63. The van der Waals surface area contributed by atoms with Gasteiger partial charge in [0.1, 0.15) is 5.82 Å². The zero-order valence-electron chi connectivity index (χ0n) is 9.68. The lowest BCUT2D eigenvalue weighted by Crippen LogP contribution is -2.18. The van der Waals surface area contributed by atoms with Crippen molar-refractivity contribution in [2.75, 3.05) is 19.0 Å². The molecule has 0 bridgehead atoms. The summed E-state index contributed by atoms with van der Waals surface area (Å²) >= 11 is 2.90. The van der Waals surface area contributed by atoms with Gasteiger partial charge in [0, 0.05) is 12.4 Å². The fraction of sp³-hybridized carbons (Fsp3) is 0.800. The summed E-state index contributed by atoms with van der Waals surface area (Å²) < 4.78 is 10.3. The summed E-state index contributed by atoms with van der Waals surface area (Å²) in [5.74, 6) is 1.40. The molecule has 1 aromatic rings. The molecule has 0 aromatic carbocycles. The second kappa shape index (κ2) is 8.00. The third-order valence-corrected chi connectivity index (χ3v) is 3.93. The van der Waals surface area contributed by atoms with Crippen LogP contribution < -0.4 is 0 Å². The van der Waals surface area contributed by atoms with Crippen molar-refractivity contribution in [1.82, 2.24) is 9.36 Å². The van der Waals surface area contributed by atoms with E-state index >= 15 is 0 Å². The van der Waals surface area contributed by atoms with Crippen LogP contribution in [0.3, 0.4) is 0 Å². The molecule has 4 nitrogen and oxygen atoms in total. The predicted molar refractivity (Wildman–Crippen MR) is 67.1 cm³/mol. The molecule has 0 aliphatic carbocycles. The minimum Gasteiger partial charge on any atom is -0.390 e. The minimum atomic E-state index is -0.425. The first kappa shape index (κ1) is 13.9. The maximum absolute atomic E-state index is 9.63. The fourth-order valence-electron chi connectivity index (χ4n) is 1.02. The standard InChI is InChI=1S/C10H18N2O2S2/c1-3-4-5-14-6-9(13)7-15-10-11-8(2)12-16-10/h9,13H,3-7H2,1-2H3. The van der Waals surface area contributed by atoms with Gasteiger partial charge >= 0.3 is 0 Å². The lowest BCUT2D eigenvalue weighted by atomic mass is 10.3. The Hall–Kier alpha value is -0.170. The summed E-state index contributed by atoms with van der Waals surface area (Å²) in [4.78, 5) is 4.21. The van der Waals surface area contributed by atoms with Crippen molar-refractivity contribution in [3.8, 4) is 0 Å². The summed E-state index contributed by atoms with van der Waals surface area (Å²) in [7, 11) is 0. The van der Waals surface area contributed by atoms with Crippen LogP contribution in [-0.4, -0.2) is 39.5 Å². The molecular formula is C10H18N2O2S2. The summed E-state index contributed by atoms with van der Waals surface area (Å²) in [6.45, 7) is 5.12. The van der Waals surface area contributed by atoms with Crippen LogP contribution >= 0.6 is 23.3 Å². The van der Waals surface area contributed by atoms with E-state index in [-0.39, 0.29) is 0 Å². The van der Waals surface area contributed by atoms with E-state index in [1.807, 2.05) is 6.92 Å². The molecule has 0 aliphatic heterocycles. The van der Waals surface area contributed by atoms with E-state index in [0.29, 0.717) is 12.4 Å². The highest BCUT2D eigenvalue weighted by molar-refractivity contribution is 8.00. The summed E-state index contributed by atoms with van der Waals surface area (Å²) in [6.07, 6.45) is 1.75. The Kier molecular flexibility index (Phi) is 6.95. The Morgan fingerprint density at radius 2 is 2.38 bits per heavy atom. The quantitative estimate of drug-likeness (QED) is 0.574. The van der Waals surface area contributed by atoms with E-state index in [1.54, 1.807) is 0 Å². The SMILES string of the molecule is CCCCOCC(O)CSc1nc(C)ns1. The van der Waals surface area contributed by atoms with E-state index in [0.717, 1.165) is 29.6 Å². The molecule has 1 unspecified atom stereocenters. The Morgan fingerprint density at radius 3 is 3.00 bits per heavy atom. The molecule has 0 saturated heterocycles. The number of aryl methyl sites for hydroxylation is 1. The maximum Gasteiger partial charge on any atom is 0.170 e.